The van der Waals surface area contributed by atoms with Gasteiger partial charge in [-0.3, -0.25) is 9.59 Å². The third-order valence-electron chi connectivity index (χ3n) is 3.50. The van der Waals surface area contributed by atoms with Gasteiger partial charge in [0.1, 0.15) is 6.04 Å². The summed E-state index contributed by atoms with van der Waals surface area (Å²) in [6.07, 6.45) is 0.356. The normalized spacial score (nSPS) is 12.6. The number of carboxylic acid groups (broad SMARTS) is 1. The Labute approximate surface area is 149 Å². The second-order valence-corrected chi connectivity index (χ2v) is 7.81. The quantitative estimate of drug-likeness (QED) is 0.706. The van der Waals surface area contributed by atoms with Crippen molar-refractivity contribution in [3.63, 3.8) is 0 Å². The Balaban J connectivity index is 2.73. The molecule has 0 saturated heterocycles. The maximum absolute atomic E-state index is 12.2. The average Bonchev–Trinajstić information content (AvgIpc) is 2.50. The maximum atomic E-state index is 12.2. The van der Waals surface area contributed by atoms with Crippen molar-refractivity contribution in [2.24, 2.45) is 11.3 Å². The van der Waals surface area contributed by atoms with E-state index in [1.807, 2.05) is 34.6 Å². The van der Waals surface area contributed by atoms with E-state index in [1.165, 1.54) is 12.1 Å². The van der Waals surface area contributed by atoms with Crippen LogP contribution in [0.1, 0.15) is 61.8 Å². The number of carbonyl (C=O) groups is 3. The van der Waals surface area contributed by atoms with Gasteiger partial charge in [-0.25, -0.2) is 4.79 Å². The van der Waals surface area contributed by atoms with Gasteiger partial charge >= 0.3 is 5.97 Å². The Kier molecular flexibility index (Phi) is 7.15. The van der Waals surface area contributed by atoms with Crippen LogP contribution < -0.4 is 10.6 Å². The van der Waals surface area contributed by atoms with Gasteiger partial charge < -0.3 is 15.7 Å². The molecule has 0 spiro atoms. The average molecular weight is 348 g/mol. The van der Waals surface area contributed by atoms with Crippen molar-refractivity contribution in [2.75, 3.05) is 6.54 Å². The zero-order valence-corrected chi connectivity index (χ0v) is 15.6. The van der Waals surface area contributed by atoms with Crippen LogP contribution in [0.5, 0.6) is 0 Å². The molecule has 1 atom stereocenters. The van der Waals surface area contributed by atoms with Crippen LogP contribution in [-0.4, -0.2) is 35.5 Å². The third kappa shape index (κ3) is 7.37. The van der Waals surface area contributed by atoms with E-state index in [1.54, 1.807) is 12.1 Å². The highest BCUT2D eigenvalue weighted by Gasteiger charge is 2.22. The highest BCUT2D eigenvalue weighted by atomic mass is 16.4. The summed E-state index contributed by atoms with van der Waals surface area (Å²) < 4.78 is 0. The smallest absolute Gasteiger partial charge is 0.326 e. The summed E-state index contributed by atoms with van der Waals surface area (Å²) in [7, 11) is 0. The van der Waals surface area contributed by atoms with Gasteiger partial charge in [-0.15, -0.1) is 0 Å². The first kappa shape index (κ1) is 20.7. The van der Waals surface area contributed by atoms with Gasteiger partial charge in [0.25, 0.3) is 11.8 Å². The molecule has 0 heterocycles. The molecule has 0 aromatic heterocycles. The standard InChI is InChI=1S/C19H28N2O4/c1-12(2)10-15(18(24)25)21-17(23)14-8-6-13(7-9-14)16(22)20-11-19(3,4)5/h6-9,12,15H,10-11H2,1-5H3,(H,20,22)(H,21,23)(H,24,25)/t15-/m0/s1. The van der Waals surface area contributed by atoms with Crippen LogP contribution in [0.2, 0.25) is 0 Å². The number of nitrogens with one attached hydrogen (secondary N) is 2. The summed E-state index contributed by atoms with van der Waals surface area (Å²) in [5, 5.41) is 14.5. The topological polar surface area (TPSA) is 95.5 Å². The SMILES string of the molecule is CC(C)C[C@H](NC(=O)c1ccc(C(=O)NCC(C)(C)C)cc1)C(=O)O. The van der Waals surface area contributed by atoms with Crippen molar-refractivity contribution in [2.45, 2.75) is 47.1 Å². The van der Waals surface area contributed by atoms with Crippen LogP contribution in [0.15, 0.2) is 24.3 Å². The number of rotatable bonds is 7. The lowest BCUT2D eigenvalue weighted by molar-refractivity contribution is -0.139. The number of carboxylic acids is 1. The summed E-state index contributed by atoms with van der Waals surface area (Å²) >= 11 is 0. The summed E-state index contributed by atoms with van der Waals surface area (Å²) in [6, 6.07) is 5.24. The minimum atomic E-state index is -1.06. The largest absolute Gasteiger partial charge is 0.480 e. The predicted octanol–water partition coefficient (Wildman–Crippen LogP) is 2.69. The van der Waals surface area contributed by atoms with Crippen LogP contribution >= 0.6 is 0 Å². The van der Waals surface area contributed by atoms with E-state index in [2.05, 4.69) is 10.6 Å². The van der Waals surface area contributed by atoms with E-state index in [0.717, 1.165) is 0 Å². The van der Waals surface area contributed by atoms with Gasteiger partial charge in [-0.05, 0) is 42.0 Å². The number of carbonyl (C=O) groups excluding carboxylic acids is 2. The molecular weight excluding hydrogens is 320 g/mol. The first-order chi connectivity index (χ1) is 11.5. The van der Waals surface area contributed by atoms with E-state index in [4.69, 9.17) is 0 Å². The van der Waals surface area contributed by atoms with Crippen molar-refractivity contribution in [1.29, 1.82) is 0 Å². The minimum absolute atomic E-state index is 0.0161. The first-order valence-corrected chi connectivity index (χ1v) is 8.41. The number of benzene rings is 1. The van der Waals surface area contributed by atoms with E-state index >= 15 is 0 Å². The van der Waals surface area contributed by atoms with E-state index in [0.29, 0.717) is 24.1 Å². The Hall–Kier alpha value is -2.37. The van der Waals surface area contributed by atoms with Gasteiger partial charge in [0.15, 0.2) is 0 Å². The number of hydrogen-bond acceptors (Lipinski definition) is 3. The van der Waals surface area contributed by atoms with Crippen LogP contribution in [0, 0.1) is 11.3 Å². The molecule has 0 aliphatic carbocycles. The first-order valence-electron chi connectivity index (χ1n) is 8.41. The van der Waals surface area contributed by atoms with Crippen LogP contribution in [0.3, 0.4) is 0 Å². The molecule has 6 heteroatoms. The molecule has 1 aromatic rings. The lowest BCUT2D eigenvalue weighted by Crippen LogP contribution is -2.41. The van der Waals surface area contributed by atoms with Crippen LogP contribution in [-0.2, 0) is 4.79 Å². The van der Waals surface area contributed by atoms with Crippen LogP contribution in [0.25, 0.3) is 0 Å². The molecular formula is C19H28N2O4. The van der Waals surface area contributed by atoms with E-state index in [-0.39, 0.29) is 17.2 Å². The Morgan fingerprint density at radius 3 is 1.88 bits per heavy atom. The molecule has 1 rings (SSSR count). The highest BCUT2D eigenvalue weighted by Crippen LogP contribution is 2.12. The van der Waals surface area contributed by atoms with Crippen molar-refractivity contribution in [1.82, 2.24) is 10.6 Å². The minimum Gasteiger partial charge on any atom is -0.480 e. The molecule has 0 aliphatic rings. The molecule has 25 heavy (non-hydrogen) atoms. The molecule has 0 saturated carbocycles. The Morgan fingerprint density at radius 1 is 1.00 bits per heavy atom. The number of aliphatic carboxylic acids is 1. The fourth-order valence-electron chi connectivity index (χ4n) is 2.15. The maximum Gasteiger partial charge on any atom is 0.326 e. The Morgan fingerprint density at radius 2 is 1.48 bits per heavy atom. The van der Waals surface area contributed by atoms with Crippen molar-refractivity contribution < 1.29 is 19.5 Å². The third-order valence-corrected chi connectivity index (χ3v) is 3.50. The highest BCUT2D eigenvalue weighted by molar-refractivity contribution is 5.99. The molecule has 1 aromatic carbocycles. The Bertz CT molecular complexity index is 615. The van der Waals surface area contributed by atoms with E-state index < -0.39 is 17.9 Å². The molecule has 2 amide bonds. The van der Waals surface area contributed by atoms with Crippen LogP contribution in [0.4, 0.5) is 0 Å². The zero-order chi connectivity index (χ0) is 19.2. The predicted molar refractivity (Wildman–Crippen MR) is 96.6 cm³/mol. The number of amides is 2. The molecule has 138 valence electrons. The number of hydrogen-bond donors (Lipinski definition) is 3. The van der Waals surface area contributed by atoms with Gasteiger partial charge in [-0.2, -0.15) is 0 Å². The van der Waals surface area contributed by atoms with Gasteiger partial charge in [-0.1, -0.05) is 34.6 Å². The molecule has 6 nitrogen and oxygen atoms in total. The van der Waals surface area contributed by atoms with Gasteiger partial charge in [0.2, 0.25) is 0 Å². The molecule has 3 N–H and O–H groups in total. The summed E-state index contributed by atoms with van der Waals surface area (Å²) in [6.45, 7) is 10.4. The van der Waals surface area contributed by atoms with Crippen molar-refractivity contribution in [3.8, 4) is 0 Å². The molecule has 0 fully saturated rings. The molecule has 0 bridgehead atoms. The molecule has 0 radical (unpaired) electrons. The summed E-state index contributed by atoms with van der Waals surface area (Å²) in [5.74, 6) is -1.57. The molecule has 0 unspecified atom stereocenters. The van der Waals surface area contributed by atoms with Crippen molar-refractivity contribution in [3.05, 3.63) is 35.4 Å². The monoisotopic (exact) mass is 348 g/mol. The second kappa shape index (κ2) is 8.65. The van der Waals surface area contributed by atoms with Gasteiger partial charge in [0.05, 0.1) is 0 Å². The fourth-order valence-corrected chi connectivity index (χ4v) is 2.15. The second-order valence-electron chi connectivity index (χ2n) is 7.81. The zero-order valence-electron chi connectivity index (χ0n) is 15.6. The van der Waals surface area contributed by atoms with Crippen molar-refractivity contribution >= 4 is 17.8 Å². The fraction of sp³-hybridized carbons (Fsp3) is 0.526. The van der Waals surface area contributed by atoms with Gasteiger partial charge in [0, 0.05) is 17.7 Å². The lowest BCUT2D eigenvalue weighted by Gasteiger charge is -2.19. The lowest BCUT2D eigenvalue weighted by atomic mass is 9.97. The molecule has 0 aliphatic heterocycles. The van der Waals surface area contributed by atoms with E-state index in [9.17, 15) is 19.5 Å². The summed E-state index contributed by atoms with van der Waals surface area (Å²) in [5.41, 5.74) is 0.762. The summed E-state index contributed by atoms with van der Waals surface area (Å²) in [4.78, 5) is 35.5.